The van der Waals surface area contributed by atoms with E-state index >= 15 is 0 Å². The Morgan fingerprint density at radius 2 is 2.21 bits per heavy atom. The van der Waals surface area contributed by atoms with Crippen LogP contribution in [0.2, 0.25) is 0 Å². The summed E-state index contributed by atoms with van der Waals surface area (Å²) in [6.45, 7) is 7.44. The molecule has 1 aromatic heterocycles. The highest BCUT2D eigenvalue weighted by atomic mass is 32.2. The molecule has 1 aromatic rings. The molecule has 2 atom stereocenters. The van der Waals surface area contributed by atoms with Crippen LogP contribution in [0.3, 0.4) is 0 Å². The molecule has 1 fully saturated rings. The molecule has 0 radical (unpaired) electrons. The van der Waals surface area contributed by atoms with Crippen LogP contribution in [-0.4, -0.2) is 41.4 Å². The van der Waals surface area contributed by atoms with E-state index in [9.17, 15) is 8.42 Å². The number of nitrogens with two attached hydrogens (primary N) is 1. The summed E-state index contributed by atoms with van der Waals surface area (Å²) in [6, 6.07) is 0.0846. The van der Waals surface area contributed by atoms with Crippen molar-refractivity contribution in [3.05, 3.63) is 12.0 Å². The van der Waals surface area contributed by atoms with E-state index in [-0.39, 0.29) is 17.0 Å². The second kappa shape index (κ2) is 5.22. The zero-order valence-corrected chi connectivity index (χ0v) is 12.5. The fourth-order valence-electron chi connectivity index (χ4n) is 2.40. The molecule has 7 heteroatoms. The molecule has 2 heterocycles. The second-order valence-electron chi connectivity index (χ2n) is 5.21. The van der Waals surface area contributed by atoms with Crippen molar-refractivity contribution in [3.63, 3.8) is 0 Å². The lowest BCUT2D eigenvalue weighted by atomic mass is 9.96. The van der Waals surface area contributed by atoms with Crippen molar-refractivity contribution < 1.29 is 8.42 Å². The van der Waals surface area contributed by atoms with Crippen molar-refractivity contribution >= 4 is 10.0 Å². The molecule has 2 unspecified atom stereocenters. The Balaban J connectivity index is 2.27. The molecular weight excluding hydrogens is 264 g/mol. The predicted molar refractivity (Wildman–Crippen MR) is 73.2 cm³/mol. The minimum atomic E-state index is -3.48. The molecule has 0 aliphatic carbocycles. The summed E-state index contributed by atoms with van der Waals surface area (Å²) in [5.41, 5.74) is 5.93. The van der Waals surface area contributed by atoms with Gasteiger partial charge in [0.2, 0.25) is 0 Å². The first-order valence-corrected chi connectivity index (χ1v) is 8.09. The Bertz CT molecular complexity index is 552. The van der Waals surface area contributed by atoms with Crippen LogP contribution < -0.4 is 5.73 Å². The molecule has 0 amide bonds. The molecule has 0 aromatic carbocycles. The topological polar surface area (TPSA) is 81.2 Å². The van der Waals surface area contributed by atoms with Crippen molar-refractivity contribution in [1.29, 1.82) is 0 Å². The van der Waals surface area contributed by atoms with Gasteiger partial charge in [0.25, 0.3) is 10.0 Å². The quantitative estimate of drug-likeness (QED) is 0.880. The molecule has 2 rings (SSSR count). The summed E-state index contributed by atoms with van der Waals surface area (Å²) in [6.07, 6.45) is 2.32. The van der Waals surface area contributed by atoms with Gasteiger partial charge >= 0.3 is 0 Å². The maximum atomic E-state index is 12.5. The Morgan fingerprint density at radius 3 is 2.74 bits per heavy atom. The summed E-state index contributed by atoms with van der Waals surface area (Å²) >= 11 is 0. The number of piperidine rings is 1. The summed E-state index contributed by atoms with van der Waals surface area (Å²) < 4.78 is 28.4. The number of nitrogens with zero attached hydrogens (tertiary/aromatic N) is 3. The van der Waals surface area contributed by atoms with Gasteiger partial charge in [0.15, 0.2) is 5.03 Å². The van der Waals surface area contributed by atoms with E-state index in [4.69, 9.17) is 5.73 Å². The standard InChI is InChI=1S/C12H22N4O2S/c1-4-15-8-12(14-10(15)3)19(17,18)16-6-5-11(13)9(2)7-16/h8-9,11H,4-7,13H2,1-3H3. The molecule has 108 valence electrons. The van der Waals surface area contributed by atoms with Crippen LogP contribution in [0, 0.1) is 12.8 Å². The Labute approximate surface area is 114 Å². The third-order valence-corrected chi connectivity index (χ3v) is 5.57. The molecule has 0 saturated carbocycles. The highest BCUT2D eigenvalue weighted by Gasteiger charge is 2.33. The monoisotopic (exact) mass is 286 g/mol. The van der Waals surface area contributed by atoms with Gasteiger partial charge in [-0.3, -0.25) is 0 Å². The SMILES string of the molecule is CCn1cc(S(=O)(=O)N2CCC(N)C(C)C2)nc1C. The van der Waals surface area contributed by atoms with E-state index in [0.29, 0.717) is 19.5 Å². The third kappa shape index (κ3) is 2.68. The molecule has 6 nitrogen and oxygen atoms in total. The zero-order valence-electron chi connectivity index (χ0n) is 11.7. The maximum Gasteiger partial charge on any atom is 0.262 e. The number of rotatable bonds is 3. The number of hydrogen-bond acceptors (Lipinski definition) is 4. The number of hydrogen-bond donors (Lipinski definition) is 1. The van der Waals surface area contributed by atoms with Gasteiger partial charge in [-0.2, -0.15) is 4.31 Å². The summed E-state index contributed by atoms with van der Waals surface area (Å²) in [4.78, 5) is 4.17. The lowest BCUT2D eigenvalue weighted by molar-refractivity contribution is 0.249. The van der Waals surface area contributed by atoms with Crippen LogP contribution in [-0.2, 0) is 16.6 Å². The lowest BCUT2D eigenvalue weighted by Gasteiger charge is -2.33. The summed E-state index contributed by atoms with van der Waals surface area (Å²) in [7, 11) is -3.48. The lowest BCUT2D eigenvalue weighted by Crippen LogP contribution is -2.48. The third-order valence-electron chi connectivity index (χ3n) is 3.83. The van der Waals surface area contributed by atoms with Crippen LogP contribution in [0.15, 0.2) is 11.2 Å². The Kier molecular flexibility index (Phi) is 3.98. The van der Waals surface area contributed by atoms with Crippen LogP contribution in [0.1, 0.15) is 26.1 Å². The fraction of sp³-hybridized carbons (Fsp3) is 0.750. The fourth-order valence-corrected chi connectivity index (χ4v) is 3.95. The van der Waals surface area contributed by atoms with Crippen LogP contribution in [0.4, 0.5) is 0 Å². The molecule has 0 bridgehead atoms. The van der Waals surface area contributed by atoms with Gasteiger partial charge in [-0.25, -0.2) is 13.4 Å². The molecule has 2 N–H and O–H groups in total. The average molecular weight is 286 g/mol. The van der Waals surface area contributed by atoms with Gasteiger partial charge in [0.1, 0.15) is 5.82 Å². The van der Waals surface area contributed by atoms with Gasteiger partial charge in [-0.05, 0) is 26.2 Å². The van der Waals surface area contributed by atoms with E-state index in [0.717, 1.165) is 12.4 Å². The van der Waals surface area contributed by atoms with Gasteiger partial charge in [0.05, 0.1) is 0 Å². The summed E-state index contributed by atoms with van der Waals surface area (Å²) in [5.74, 6) is 0.903. The molecular formula is C12H22N4O2S. The first-order valence-electron chi connectivity index (χ1n) is 6.65. The maximum absolute atomic E-state index is 12.5. The zero-order chi connectivity index (χ0) is 14.2. The molecule has 19 heavy (non-hydrogen) atoms. The highest BCUT2D eigenvalue weighted by Crippen LogP contribution is 2.22. The van der Waals surface area contributed by atoms with Crippen LogP contribution in [0.25, 0.3) is 0 Å². The van der Waals surface area contributed by atoms with Gasteiger partial charge in [-0.15, -0.1) is 0 Å². The van der Waals surface area contributed by atoms with Crippen LogP contribution in [0.5, 0.6) is 0 Å². The molecule has 1 aliphatic rings. The molecule has 1 aliphatic heterocycles. The highest BCUT2D eigenvalue weighted by molar-refractivity contribution is 7.89. The minimum absolute atomic E-state index is 0.0846. The number of imidazole rings is 1. The smallest absolute Gasteiger partial charge is 0.262 e. The van der Waals surface area contributed by atoms with Crippen LogP contribution >= 0.6 is 0 Å². The minimum Gasteiger partial charge on any atom is -0.334 e. The molecule has 1 saturated heterocycles. The van der Waals surface area contributed by atoms with E-state index in [2.05, 4.69) is 4.98 Å². The first-order chi connectivity index (χ1) is 8.86. The number of aromatic nitrogens is 2. The molecule has 0 spiro atoms. The van der Waals surface area contributed by atoms with Crippen molar-refractivity contribution in [3.8, 4) is 0 Å². The van der Waals surface area contributed by atoms with E-state index in [1.54, 1.807) is 6.20 Å². The number of aryl methyl sites for hydroxylation is 2. The van der Waals surface area contributed by atoms with Crippen molar-refractivity contribution in [1.82, 2.24) is 13.9 Å². The van der Waals surface area contributed by atoms with Gasteiger partial charge < -0.3 is 10.3 Å². The van der Waals surface area contributed by atoms with Crippen molar-refractivity contribution in [2.45, 2.75) is 44.8 Å². The van der Waals surface area contributed by atoms with E-state index < -0.39 is 10.0 Å². The Morgan fingerprint density at radius 1 is 1.53 bits per heavy atom. The summed E-state index contributed by atoms with van der Waals surface area (Å²) in [5, 5.41) is 0.148. The predicted octanol–water partition coefficient (Wildman–Crippen LogP) is 0.569. The first kappa shape index (κ1) is 14.5. The van der Waals surface area contributed by atoms with Gasteiger partial charge in [0, 0.05) is 31.9 Å². The van der Waals surface area contributed by atoms with Crippen molar-refractivity contribution in [2.75, 3.05) is 13.1 Å². The van der Waals surface area contributed by atoms with Crippen molar-refractivity contribution in [2.24, 2.45) is 11.7 Å². The largest absolute Gasteiger partial charge is 0.334 e. The van der Waals surface area contributed by atoms with E-state index in [1.165, 1.54) is 4.31 Å². The normalized spacial score (nSPS) is 25.7. The average Bonchev–Trinajstić information content (AvgIpc) is 2.74. The van der Waals surface area contributed by atoms with Gasteiger partial charge in [-0.1, -0.05) is 6.92 Å². The van der Waals surface area contributed by atoms with E-state index in [1.807, 2.05) is 25.3 Å². The number of sulfonamides is 1. The Hall–Kier alpha value is -0.920. The second-order valence-corrected chi connectivity index (χ2v) is 7.09.